The molecule has 27 heavy (non-hydrogen) atoms. The first-order valence-electron chi connectivity index (χ1n) is 9.13. The zero-order chi connectivity index (χ0) is 19.2. The molecule has 0 bridgehead atoms. The number of benzene rings is 1. The van der Waals surface area contributed by atoms with E-state index in [1.807, 2.05) is 17.5 Å². The van der Waals surface area contributed by atoms with Gasteiger partial charge in [0.05, 0.1) is 10.6 Å². The summed E-state index contributed by atoms with van der Waals surface area (Å²) in [6, 6.07) is 10.5. The quantitative estimate of drug-likeness (QED) is 0.641. The Morgan fingerprint density at radius 1 is 1.22 bits per heavy atom. The molecule has 0 aliphatic carbocycles. The molecular formula is C20H23ClN2O2S2. The number of carbonyl (C=O) groups is 2. The highest BCUT2D eigenvalue weighted by molar-refractivity contribution is 7.99. The van der Waals surface area contributed by atoms with E-state index >= 15 is 0 Å². The Kier molecular flexibility index (Phi) is 7.21. The average Bonchev–Trinajstić information content (AvgIpc) is 3.34. The van der Waals surface area contributed by atoms with Crippen LogP contribution in [-0.4, -0.2) is 35.1 Å². The van der Waals surface area contributed by atoms with Crippen molar-refractivity contribution in [1.29, 1.82) is 0 Å². The molecule has 2 atom stereocenters. The largest absolute Gasteiger partial charge is 0.354 e. The maximum absolute atomic E-state index is 13.3. The summed E-state index contributed by atoms with van der Waals surface area (Å²) in [6.07, 6.45) is 3.14. The lowest BCUT2D eigenvalue weighted by Gasteiger charge is -2.28. The van der Waals surface area contributed by atoms with Crippen LogP contribution >= 0.6 is 34.7 Å². The maximum Gasteiger partial charge on any atom is 0.257 e. The van der Waals surface area contributed by atoms with Gasteiger partial charge in [-0.05, 0) is 30.0 Å². The van der Waals surface area contributed by atoms with Crippen LogP contribution in [0.5, 0.6) is 0 Å². The summed E-state index contributed by atoms with van der Waals surface area (Å²) in [4.78, 5) is 28.9. The summed E-state index contributed by atoms with van der Waals surface area (Å²) in [7, 11) is 0. The first kappa shape index (κ1) is 20.2. The van der Waals surface area contributed by atoms with Crippen LogP contribution in [0.4, 0.5) is 0 Å². The molecule has 0 unspecified atom stereocenters. The number of thiophene rings is 1. The lowest BCUT2D eigenvalue weighted by molar-refractivity contribution is -0.124. The van der Waals surface area contributed by atoms with Crippen molar-refractivity contribution in [2.24, 2.45) is 0 Å². The molecule has 1 saturated heterocycles. The average molecular weight is 423 g/mol. The smallest absolute Gasteiger partial charge is 0.257 e. The third kappa shape index (κ3) is 4.68. The van der Waals surface area contributed by atoms with Crippen LogP contribution < -0.4 is 5.32 Å². The lowest BCUT2D eigenvalue weighted by atomic mass is 10.1. The second kappa shape index (κ2) is 9.62. The number of unbranched alkanes of at least 4 members (excludes halogenated alkanes) is 2. The molecule has 0 radical (unpaired) electrons. The predicted molar refractivity (Wildman–Crippen MR) is 113 cm³/mol. The molecule has 2 amide bonds. The fourth-order valence-electron chi connectivity index (χ4n) is 3.09. The van der Waals surface area contributed by atoms with Crippen molar-refractivity contribution in [2.45, 2.75) is 37.6 Å². The molecule has 7 heteroatoms. The molecule has 1 aliphatic heterocycles. The van der Waals surface area contributed by atoms with Crippen LogP contribution in [0.1, 0.15) is 46.8 Å². The van der Waals surface area contributed by atoms with E-state index in [4.69, 9.17) is 11.6 Å². The maximum atomic E-state index is 13.3. The highest BCUT2D eigenvalue weighted by atomic mass is 35.5. The zero-order valence-electron chi connectivity index (χ0n) is 15.2. The van der Waals surface area contributed by atoms with Crippen LogP contribution in [0.25, 0.3) is 0 Å². The summed E-state index contributed by atoms with van der Waals surface area (Å²) in [5.74, 6) is 0.300. The highest BCUT2D eigenvalue weighted by Gasteiger charge is 2.43. The second-order valence-corrected chi connectivity index (χ2v) is 8.91. The van der Waals surface area contributed by atoms with Crippen LogP contribution in [0, 0.1) is 0 Å². The van der Waals surface area contributed by atoms with E-state index < -0.39 is 6.04 Å². The van der Waals surface area contributed by atoms with Crippen molar-refractivity contribution < 1.29 is 9.59 Å². The summed E-state index contributed by atoms with van der Waals surface area (Å²) >= 11 is 9.49. The molecule has 1 aromatic heterocycles. The van der Waals surface area contributed by atoms with Crippen molar-refractivity contribution >= 4 is 46.5 Å². The van der Waals surface area contributed by atoms with Crippen molar-refractivity contribution in [3.63, 3.8) is 0 Å². The van der Waals surface area contributed by atoms with Crippen molar-refractivity contribution in [3.05, 3.63) is 57.2 Å². The summed E-state index contributed by atoms with van der Waals surface area (Å²) < 4.78 is 0. The molecule has 144 valence electrons. The standard InChI is InChI=1S/C20H23ClN2O2S2/c1-2-3-6-11-22-18(24)16-13-27-20(17-10-7-12-26-17)23(16)19(25)14-8-4-5-9-15(14)21/h4-5,7-10,12,16,20H,2-3,6,11,13H2,1H3,(H,22,24)/t16-,20-/m1/s1. The SMILES string of the molecule is CCCCCNC(=O)[C@H]1CS[C@H](c2cccs2)N1C(=O)c1ccccc1Cl. The number of carbonyl (C=O) groups excluding carboxylic acids is 2. The summed E-state index contributed by atoms with van der Waals surface area (Å²) in [5, 5.41) is 5.23. The number of rotatable bonds is 7. The van der Waals surface area contributed by atoms with E-state index in [9.17, 15) is 9.59 Å². The van der Waals surface area contributed by atoms with E-state index in [0.29, 0.717) is 22.9 Å². The number of hydrogen-bond acceptors (Lipinski definition) is 4. The molecule has 0 saturated carbocycles. The van der Waals surface area contributed by atoms with Crippen molar-refractivity contribution in [1.82, 2.24) is 10.2 Å². The number of thioether (sulfide) groups is 1. The van der Waals surface area contributed by atoms with Gasteiger partial charge in [0.25, 0.3) is 5.91 Å². The Bertz CT molecular complexity index is 782. The molecular weight excluding hydrogens is 400 g/mol. The van der Waals surface area contributed by atoms with Crippen LogP contribution in [0.2, 0.25) is 5.02 Å². The van der Waals surface area contributed by atoms with Gasteiger partial charge in [0.2, 0.25) is 5.91 Å². The number of nitrogens with zero attached hydrogens (tertiary/aromatic N) is 1. The van der Waals surface area contributed by atoms with Crippen molar-refractivity contribution in [2.75, 3.05) is 12.3 Å². The number of halogens is 1. The molecule has 2 aromatic rings. The first-order valence-corrected chi connectivity index (χ1v) is 11.4. The fourth-order valence-corrected chi connectivity index (χ4v) is 5.70. The third-order valence-corrected chi connectivity index (χ3v) is 7.22. The first-order chi connectivity index (χ1) is 13.1. The van der Waals surface area contributed by atoms with Gasteiger partial charge in [-0.2, -0.15) is 0 Å². The van der Waals surface area contributed by atoms with E-state index in [-0.39, 0.29) is 17.2 Å². The molecule has 3 rings (SSSR count). The van der Waals surface area contributed by atoms with Gasteiger partial charge in [-0.3, -0.25) is 9.59 Å². The van der Waals surface area contributed by atoms with Gasteiger partial charge in [-0.25, -0.2) is 0 Å². The molecule has 1 fully saturated rings. The third-order valence-electron chi connectivity index (χ3n) is 4.51. The van der Waals surface area contributed by atoms with Crippen LogP contribution in [-0.2, 0) is 4.79 Å². The molecule has 4 nitrogen and oxygen atoms in total. The van der Waals surface area contributed by atoms with Crippen LogP contribution in [0.3, 0.4) is 0 Å². The van der Waals surface area contributed by atoms with Crippen molar-refractivity contribution in [3.8, 4) is 0 Å². The Hall–Kier alpha value is -1.50. The predicted octanol–water partition coefficient (Wildman–Crippen LogP) is 4.96. The zero-order valence-corrected chi connectivity index (χ0v) is 17.6. The fraction of sp³-hybridized carbons (Fsp3) is 0.400. The monoisotopic (exact) mass is 422 g/mol. The molecule has 1 N–H and O–H groups in total. The van der Waals surface area contributed by atoms with Gasteiger partial charge >= 0.3 is 0 Å². The van der Waals surface area contributed by atoms with Gasteiger partial charge in [-0.1, -0.05) is 49.6 Å². The summed E-state index contributed by atoms with van der Waals surface area (Å²) in [5.41, 5.74) is 0.437. The summed E-state index contributed by atoms with van der Waals surface area (Å²) in [6.45, 7) is 2.77. The Morgan fingerprint density at radius 3 is 2.74 bits per heavy atom. The Morgan fingerprint density at radius 2 is 2.04 bits per heavy atom. The van der Waals surface area contributed by atoms with E-state index in [0.717, 1.165) is 24.1 Å². The van der Waals surface area contributed by atoms with E-state index in [1.54, 1.807) is 52.3 Å². The molecule has 0 spiro atoms. The molecule has 2 heterocycles. The minimum Gasteiger partial charge on any atom is -0.354 e. The minimum atomic E-state index is -0.493. The van der Waals surface area contributed by atoms with Gasteiger partial charge in [0.15, 0.2) is 0 Å². The highest BCUT2D eigenvalue weighted by Crippen LogP contribution is 2.44. The van der Waals surface area contributed by atoms with Gasteiger partial charge in [0.1, 0.15) is 11.4 Å². The minimum absolute atomic E-state index is 0.0851. The normalized spacial score (nSPS) is 19.3. The van der Waals surface area contributed by atoms with Gasteiger partial charge in [-0.15, -0.1) is 23.1 Å². The topological polar surface area (TPSA) is 49.4 Å². The van der Waals surface area contributed by atoms with E-state index in [1.165, 1.54) is 0 Å². The lowest BCUT2D eigenvalue weighted by Crippen LogP contribution is -2.48. The Balaban J connectivity index is 1.83. The van der Waals surface area contributed by atoms with Crippen LogP contribution in [0.15, 0.2) is 41.8 Å². The van der Waals surface area contributed by atoms with E-state index in [2.05, 4.69) is 12.2 Å². The number of nitrogens with one attached hydrogen (secondary N) is 1. The number of amides is 2. The van der Waals surface area contributed by atoms with Gasteiger partial charge < -0.3 is 10.2 Å². The molecule has 1 aliphatic rings. The van der Waals surface area contributed by atoms with Gasteiger partial charge in [0, 0.05) is 17.2 Å². The Labute approximate surface area is 173 Å². The number of hydrogen-bond donors (Lipinski definition) is 1. The second-order valence-electron chi connectivity index (χ2n) is 6.41. The molecule has 1 aromatic carbocycles.